The maximum Gasteiger partial charge on any atom is 0.189 e. The first-order valence-electron chi connectivity index (χ1n) is 7.39. The predicted octanol–water partition coefficient (Wildman–Crippen LogP) is 3.56. The number of carbonyl (C=O) groups excluding carboxylic acids is 1. The third kappa shape index (κ3) is 2.70. The first-order valence-corrected chi connectivity index (χ1v) is 8.18. The number of nitrogens with two attached hydrogens (primary N) is 1. The average molecular weight is 342 g/mol. The van der Waals surface area contributed by atoms with E-state index in [2.05, 4.69) is 28.0 Å². The van der Waals surface area contributed by atoms with Crippen LogP contribution in [0.1, 0.15) is 63.0 Å². The molecule has 20 heavy (non-hydrogen) atoms. The number of halogens is 1. The van der Waals surface area contributed by atoms with E-state index in [1.807, 2.05) is 18.5 Å². The number of hydrogen-bond acceptors (Lipinski definition) is 3. The molecule has 1 aliphatic rings. The Bertz CT molecular complexity index is 487. The van der Waals surface area contributed by atoms with Crippen molar-refractivity contribution >= 4 is 21.7 Å². The van der Waals surface area contributed by atoms with Gasteiger partial charge in [0.15, 0.2) is 5.78 Å². The van der Waals surface area contributed by atoms with Crippen LogP contribution in [-0.2, 0) is 0 Å². The molecule has 0 amide bonds. The highest BCUT2D eigenvalue weighted by Crippen LogP contribution is 2.41. The van der Waals surface area contributed by atoms with E-state index in [0.717, 1.165) is 30.2 Å². The highest BCUT2D eigenvalue weighted by atomic mass is 79.9. The normalized spacial score (nSPS) is 27.0. The Hall–Kier alpha value is -0.680. The number of ketones is 1. The van der Waals surface area contributed by atoms with E-state index >= 15 is 0 Å². The van der Waals surface area contributed by atoms with Gasteiger partial charge in [-0.15, -0.1) is 0 Å². The van der Waals surface area contributed by atoms with E-state index in [-0.39, 0.29) is 11.8 Å². The third-order valence-corrected chi connectivity index (χ3v) is 5.14. The summed E-state index contributed by atoms with van der Waals surface area (Å²) >= 11 is 3.47. The fourth-order valence-corrected chi connectivity index (χ4v) is 3.49. The summed E-state index contributed by atoms with van der Waals surface area (Å²) in [6.45, 7) is 6.75. The Balaban J connectivity index is 2.37. The molecule has 2 N–H and O–H groups in total. The van der Waals surface area contributed by atoms with Gasteiger partial charge in [0.1, 0.15) is 5.69 Å². The Labute approximate surface area is 129 Å². The van der Waals surface area contributed by atoms with E-state index in [9.17, 15) is 4.79 Å². The van der Waals surface area contributed by atoms with Gasteiger partial charge in [-0.1, -0.05) is 6.92 Å². The second-order valence-electron chi connectivity index (χ2n) is 6.38. The van der Waals surface area contributed by atoms with Gasteiger partial charge in [-0.05, 0) is 61.4 Å². The molecule has 0 aliphatic heterocycles. The first-order chi connectivity index (χ1) is 9.41. The van der Waals surface area contributed by atoms with Gasteiger partial charge in [0, 0.05) is 18.0 Å². The maximum atomic E-state index is 13.1. The smallest absolute Gasteiger partial charge is 0.189 e. The molecule has 1 fully saturated rings. The maximum absolute atomic E-state index is 13.1. The van der Waals surface area contributed by atoms with Crippen molar-refractivity contribution in [2.45, 2.75) is 52.5 Å². The van der Waals surface area contributed by atoms with Crippen LogP contribution >= 0.6 is 15.9 Å². The largest absolute Gasteiger partial charge is 0.329 e. The molecule has 1 aromatic rings. The van der Waals surface area contributed by atoms with Crippen LogP contribution in [-0.4, -0.2) is 22.1 Å². The highest BCUT2D eigenvalue weighted by molar-refractivity contribution is 9.10. The van der Waals surface area contributed by atoms with E-state index in [1.54, 1.807) is 6.20 Å². The molecule has 1 aromatic heterocycles. The monoisotopic (exact) mass is 341 g/mol. The molecule has 4 nitrogen and oxygen atoms in total. The molecule has 1 heterocycles. The number of carbonyl (C=O) groups is 1. The van der Waals surface area contributed by atoms with Crippen molar-refractivity contribution in [2.24, 2.45) is 17.1 Å². The Morgan fingerprint density at radius 3 is 2.65 bits per heavy atom. The van der Waals surface area contributed by atoms with Crippen molar-refractivity contribution in [1.29, 1.82) is 0 Å². The Morgan fingerprint density at radius 1 is 1.55 bits per heavy atom. The quantitative estimate of drug-likeness (QED) is 0.851. The molecule has 0 saturated heterocycles. The molecule has 1 saturated carbocycles. The van der Waals surface area contributed by atoms with Crippen molar-refractivity contribution in [3.05, 3.63) is 16.4 Å². The van der Waals surface area contributed by atoms with Crippen LogP contribution in [0.4, 0.5) is 0 Å². The lowest BCUT2D eigenvalue weighted by Crippen LogP contribution is -2.42. The summed E-state index contributed by atoms with van der Waals surface area (Å²) in [4.78, 5) is 13.1. The first kappa shape index (κ1) is 15.7. The molecular weight excluding hydrogens is 318 g/mol. The van der Waals surface area contributed by atoms with Gasteiger partial charge in [0.2, 0.25) is 0 Å². The zero-order valence-corrected chi connectivity index (χ0v) is 14.1. The lowest BCUT2D eigenvalue weighted by atomic mass is 9.67. The van der Waals surface area contributed by atoms with Gasteiger partial charge in [0.05, 0.1) is 10.7 Å². The van der Waals surface area contributed by atoms with Gasteiger partial charge in [-0.25, -0.2) is 0 Å². The summed E-state index contributed by atoms with van der Waals surface area (Å²) in [6, 6.07) is 0.164. The number of rotatable bonds is 4. The minimum Gasteiger partial charge on any atom is -0.329 e. The summed E-state index contributed by atoms with van der Waals surface area (Å²) in [7, 11) is 0. The molecular formula is C15H24BrN3O. The van der Waals surface area contributed by atoms with Crippen LogP contribution in [0, 0.1) is 11.3 Å². The average Bonchev–Trinajstić information content (AvgIpc) is 2.81. The zero-order valence-electron chi connectivity index (χ0n) is 12.5. The van der Waals surface area contributed by atoms with Gasteiger partial charge < -0.3 is 5.73 Å². The van der Waals surface area contributed by atoms with E-state index in [1.165, 1.54) is 0 Å². The topological polar surface area (TPSA) is 60.9 Å². The van der Waals surface area contributed by atoms with Crippen molar-refractivity contribution in [3.63, 3.8) is 0 Å². The molecule has 112 valence electrons. The highest BCUT2D eigenvalue weighted by Gasteiger charge is 2.42. The minimum absolute atomic E-state index is 0.157. The van der Waals surface area contributed by atoms with Crippen LogP contribution in [0.3, 0.4) is 0 Å². The second-order valence-corrected chi connectivity index (χ2v) is 7.23. The molecule has 2 rings (SSSR count). The van der Waals surface area contributed by atoms with Gasteiger partial charge in [-0.3, -0.25) is 9.48 Å². The standard InChI is InChI=1S/C15H24BrN3O/c1-10(2)19-13(12(16)8-18-19)14(20)15(9-17)6-4-11(3)5-7-15/h8,10-11H,4-7,9,17H2,1-3H3. The second kappa shape index (κ2) is 5.98. The number of Topliss-reactive ketones (excluding diaryl/α,β-unsaturated/α-hetero) is 1. The molecule has 0 spiro atoms. The molecule has 5 heteroatoms. The van der Waals surface area contributed by atoms with Gasteiger partial charge >= 0.3 is 0 Å². The molecule has 0 bridgehead atoms. The molecule has 0 aromatic carbocycles. The zero-order chi connectivity index (χ0) is 14.9. The molecule has 1 aliphatic carbocycles. The summed E-state index contributed by atoms with van der Waals surface area (Å²) < 4.78 is 2.59. The minimum atomic E-state index is -0.401. The van der Waals surface area contributed by atoms with Crippen molar-refractivity contribution in [1.82, 2.24) is 9.78 Å². The van der Waals surface area contributed by atoms with E-state index in [0.29, 0.717) is 18.2 Å². The van der Waals surface area contributed by atoms with Crippen molar-refractivity contribution < 1.29 is 4.79 Å². The predicted molar refractivity (Wildman–Crippen MR) is 83.8 cm³/mol. The van der Waals surface area contributed by atoms with Crippen LogP contribution in [0.15, 0.2) is 10.7 Å². The fraction of sp³-hybridized carbons (Fsp3) is 0.733. The lowest BCUT2D eigenvalue weighted by molar-refractivity contribution is 0.0680. The van der Waals surface area contributed by atoms with Crippen LogP contribution in [0.2, 0.25) is 0 Å². The molecule has 0 unspecified atom stereocenters. The number of aromatic nitrogens is 2. The fourth-order valence-electron chi connectivity index (χ4n) is 3.04. The van der Waals surface area contributed by atoms with E-state index < -0.39 is 5.41 Å². The number of hydrogen-bond donors (Lipinski definition) is 1. The van der Waals surface area contributed by atoms with Gasteiger partial charge in [0.25, 0.3) is 0 Å². The van der Waals surface area contributed by atoms with Crippen LogP contribution in [0.5, 0.6) is 0 Å². The Kier molecular flexibility index (Phi) is 4.69. The van der Waals surface area contributed by atoms with Crippen molar-refractivity contribution in [2.75, 3.05) is 6.54 Å². The molecule has 0 radical (unpaired) electrons. The summed E-state index contributed by atoms with van der Waals surface area (Å²) in [6.07, 6.45) is 5.65. The SMILES string of the molecule is CC1CCC(CN)(C(=O)c2c(Br)cnn2C(C)C)CC1. The van der Waals surface area contributed by atoms with Crippen LogP contribution < -0.4 is 5.73 Å². The third-order valence-electron chi connectivity index (χ3n) is 4.56. The lowest BCUT2D eigenvalue weighted by Gasteiger charge is -2.37. The van der Waals surface area contributed by atoms with Crippen molar-refractivity contribution in [3.8, 4) is 0 Å². The summed E-state index contributed by atoms with van der Waals surface area (Å²) in [5.74, 6) is 0.853. The summed E-state index contributed by atoms with van der Waals surface area (Å²) in [5.41, 5.74) is 6.28. The Morgan fingerprint density at radius 2 is 2.15 bits per heavy atom. The summed E-state index contributed by atoms with van der Waals surface area (Å²) in [5, 5.41) is 4.32. The van der Waals surface area contributed by atoms with Crippen LogP contribution in [0.25, 0.3) is 0 Å². The molecule has 0 atom stereocenters. The van der Waals surface area contributed by atoms with Gasteiger partial charge in [-0.2, -0.15) is 5.10 Å². The van der Waals surface area contributed by atoms with E-state index in [4.69, 9.17) is 5.73 Å². The number of nitrogens with zero attached hydrogens (tertiary/aromatic N) is 2.